The number of benzene rings is 2. The Labute approximate surface area is 205 Å². The van der Waals surface area contributed by atoms with Gasteiger partial charge in [-0.3, -0.25) is 9.78 Å². The monoisotopic (exact) mass is 471 g/mol. The topological polar surface area (TPSA) is 48.4 Å². The lowest BCUT2D eigenvalue weighted by Crippen LogP contribution is -2.26. The summed E-state index contributed by atoms with van der Waals surface area (Å²) in [4.78, 5) is 17.2. The van der Waals surface area contributed by atoms with E-state index >= 15 is 0 Å². The second-order valence-electron chi connectivity index (χ2n) is 9.80. The summed E-state index contributed by atoms with van der Waals surface area (Å²) >= 11 is 0. The third kappa shape index (κ3) is 4.72. The summed E-state index contributed by atoms with van der Waals surface area (Å²) in [7, 11) is 0. The molecule has 3 aromatic rings. The van der Waals surface area contributed by atoms with Crippen molar-refractivity contribution >= 4 is 12.0 Å². The molecule has 3 heterocycles. The number of rotatable bonds is 4. The fraction of sp³-hybridized carbons (Fsp3) is 0.333. The van der Waals surface area contributed by atoms with Gasteiger partial charge in [-0.25, -0.2) is 4.39 Å². The first kappa shape index (κ1) is 23.3. The number of aromatic nitrogens is 1. The Hall–Kier alpha value is -3.47. The molecule has 0 aliphatic carbocycles. The molecule has 0 radical (unpaired) electrons. The van der Waals surface area contributed by atoms with Crippen LogP contribution in [0, 0.1) is 11.7 Å². The lowest BCUT2D eigenvalue weighted by atomic mass is 9.86. The number of carbonyl (C=O) groups excluding carboxylic acids is 1. The van der Waals surface area contributed by atoms with Crippen molar-refractivity contribution in [2.45, 2.75) is 52.1 Å². The molecule has 4 nitrogen and oxygen atoms in total. The Balaban J connectivity index is 1.74. The molecule has 0 saturated carbocycles. The molecule has 0 spiro atoms. The van der Waals surface area contributed by atoms with Crippen LogP contribution in [0.4, 0.5) is 4.39 Å². The van der Waals surface area contributed by atoms with E-state index in [0.29, 0.717) is 19.4 Å². The lowest BCUT2D eigenvalue weighted by Gasteiger charge is -2.25. The van der Waals surface area contributed by atoms with E-state index in [1.54, 1.807) is 0 Å². The largest absolute Gasteiger partial charge is 0.493 e. The van der Waals surface area contributed by atoms with Gasteiger partial charge in [0.15, 0.2) is 0 Å². The average Bonchev–Trinajstić information content (AvgIpc) is 3.01. The van der Waals surface area contributed by atoms with E-state index in [1.807, 2.05) is 42.5 Å². The van der Waals surface area contributed by atoms with Crippen LogP contribution in [-0.2, 0) is 16.0 Å². The minimum Gasteiger partial charge on any atom is -0.493 e. The maximum atomic E-state index is 13.9. The highest BCUT2D eigenvalue weighted by molar-refractivity contribution is 5.86. The number of halogens is 1. The standard InChI is InChI=1S/C30H30FNO3/c1-18(2)29-24(13-12-22-16-19(3)17-27(33)35-22)28(20-8-10-21(31)11-9-20)25-14-15-34-26-7-5-4-6-23(26)30(25)32-29/h4-13,18-19,22H,14-17H2,1-3H3/b13-12+/t19-,22-/m1/s1. The van der Waals surface area contributed by atoms with Crippen LogP contribution in [0.3, 0.4) is 0 Å². The zero-order valence-electron chi connectivity index (χ0n) is 20.4. The van der Waals surface area contributed by atoms with E-state index in [9.17, 15) is 9.18 Å². The highest BCUT2D eigenvalue weighted by Crippen LogP contribution is 2.42. The zero-order chi connectivity index (χ0) is 24.5. The van der Waals surface area contributed by atoms with Crippen molar-refractivity contribution < 1.29 is 18.7 Å². The number of nitrogens with zero attached hydrogens (tertiary/aromatic N) is 1. The Morgan fingerprint density at radius 1 is 1.11 bits per heavy atom. The molecule has 180 valence electrons. The summed E-state index contributed by atoms with van der Waals surface area (Å²) in [6, 6.07) is 14.6. The van der Waals surface area contributed by atoms with Crippen molar-refractivity contribution in [3.05, 3.63) is 77.2 Å². The van der Waals surface area contributed by atoms with Crippen molar-refractivity contribution in [3.63, 3.8) is 0 Å². The van der Waals surface area contributed by atoms with Gasteiger partial charge in [0.2, 0.25) is 0 Å². The Morgan fingerprint density at radius 2 is 1.89 bits per heavy atom. The van der Waals surface area contributed by atoms with Crippen molar-refractivity contribution in [1.82, 2.24) is 4.98 Å². The number of cyclic esters (lactones) is 1. The summed E-state index contributed by atoms with van der Waals surface area (Å²) in [5, 5.41) is 0. The van der Waals surface area contributed by atoms with Gasteiger partial charge in [-0.05, 0) is 65.3 Å². The molecule has 0 unspecified atom stereocenters. The quantitative estimate of drug-likeness (QED) is 0.386. The zero-order valence-corrected chi connectivity index (χ0v) is 20.4. The average molecular weight is 472 g/mol. The Kier molecular flexibility index (Phi) is 6.42. The van der Waals surface area contributed by atoms with Crippen LogP contribution in [-0.4, -0.2) is 23.7 Å². The van der Waals surface area contributed by atoms with Gasteiger partial charge < -0.3 is 9.47 Å². The van der Waals surface area contributed by atoms with Gasteiger partial charge in [-0.2, -0.15) is 0 Å². The molecule has 0 amide bonds. The van der Waals surface area contributed by atoms with Crippen LogP contribution in [0.1, 0.15) is 56.4 Å². The summed E-state index contributed by atoms with van der Waals surface area (Å²) in [5.74, 6) is 0.820. The number of esters is 1. The third-order valence-corrected chi connectivity index (χ3v) is 6.71. The van der Waals surface area contributed by atoms with Gasteiger partial charge >= 0.3 is 5.97 Å². The van der Waals surface area contributed by atoms with E-state index in [-0.39, 0.29) is 29.7 Å². The number of carbonyl (C=O) groups is 1. The molecule has 2 aliphatic heterocycles. The summed E-state index contributed by atoms with van der Waals surface area (Å²) < 4.78 is 25.6. The molecule has 0 N–H and O–H groups in total. The Bertz CT molecular complexity index is 1280. The maximum Gasteiger partial charge on any atom is 0.306 e. The molecule has 5 heteroatoms. The van der Waals surface area contributed by atoms with E-state index < -0.39 is 0 Å². The molecular weight excluding hydrogens is 441 g/mol. The lowest BCUT2D eigenvalue weighted by molar-refractivity contribution is -0.153. The SMILES string of the molecule is CC(C)c1nc2c(c(-c3ccc(F)cc3)c1/C=C/[C@@H]1C[C@@H](C)CC(=O)O1)CCOc1ccccc1-2. The molecule has 1 saturated heterocycles. The molecule has 35 heavy (non-hydrogen) atoms. The highest BCUT2D eigenvalue weighted by atomic mass is 19.1. The van der Waals surface area contributed by atoms with Gasteiger partial charge in [0.05, 0.1) is 18.0 Å². The van der Waals surface area contributed by atoms with E-state index in [1.165, 1.54) is 12.1 Å². The number of para-hydroxylation sites is 1. The van der Waals surface area contributed by atoms with Crippen LogP contribution in [0.15, 0.2) is 54.6 Å². The number of hydrogen-bond acceptors (Lipinski definition) is 4. The number of ether oxygens (including phenoxy) is 2. The second kappa shape index (κ2) is 9.65. The molecule has 2 atom stereocenters. The van der Waals surface area contributed by atoms with Gasteiger partial charge in [-0.1, -0.05) is 51.1 Å². The first-order valence-corrected chi connectivity index (χ1v) is 12.3. The van der Waals surface area contributed by atoms with E-state index in [0.717, 1.165) is 51.4 Å². The molecule has 1 aromatic heterocycles. The number of hydrogen-bond donors (Lipinski definition) is 0. The maximum absolute atomic E-state index is 13.9. The molecule has 2 aliphatic rings. The fourth-order valence-electron chi connectivity index (χ4n) is 5.08. The molecule has 0 bridgehead atoms. The summed E-state index contributed by atoms with van der Waals surface area (Å²) in [6.07, 6.45) is 5.70. The van der Waals surface area contributed by atoms with Crippen molar-refractivity contribution in [2.24, 2.45) is 5.92 Å². The van der Waals surface area contributed by atoms with Crippen LogP contribution < -0.4 is 4.74 Å². The van der Waals surface area contributed by atoms with Crippen LogP contribution >= 0.6 is 0 Å². The number of pyridine rings is 1. The molecule has 1 fully saturated rings. The van der Waals surface area contributed by atoms with Crippen molar-refractivity contribution in [1.29, 1.82) is 0 Å². The van der Waals surface area contributed by atoms with Gasteiger partial charge in [0, 0.05) is 24.0 Å². The van der Waals surface area contributed by atoms with E-state index in [4.69, 9.17) is 14.5 Å². The summed E-state index contributed by atoms with van der Waals surface area (Å²) in [6.45, 7) is 6.86. The van der Waals surface area contributed by atoms with Gasteiger partial charge in [0.1, 0.15) is 17.7 Å². The smallest absolute Gasteiger partial charge is 0.306 e. The van der Waals surface area contributed by atoms with Crippen molar-refractivity contribution in [3.8, 4) is 28.1 Å². The fourth-order valence-corrected chi connectivity index (χ4v) is 5.08. The molecule has 2 aromatic carbocycles. The number of fused-ring (bicyclic) bond motifs is 3. The first-order chi connectivity index (χ1) is 16.9. The van der Waals surface area contributed by atoms with Crippen molar-refractivity contribution in [2.75, 3.05) is 6.61 Å². The molecule has 5 rings (SSSR count). The predicted molar refractivity (Wildman–Crippen MR) is 136 cm³/mol. The van der Waals surface area contributed by atoms with Crippen LogP contribution in [0.5, 0.6) is 5.75 Å². The minimum atomic E-state index is -0.271. The summed E-state index contributed by atoms with van der Waals surface area (Å²) in [5.41, 5.74) is 6.86. The normalized spacial score (nSPS) is 19.6. The Morgan fingerprint density at radius 3 is 2.63 bits per heavy atom. The van der Waals surface area contributed by atoms with E-state index in [2.05, 4.69) is 26.8 Å². The van der Waals surface area contributed by atoms with Crippen LogP contribution in [0.2, 0.25) is 0 Å². The third-order valence-electron chi connectivity index (χ3n) is 6.71. The first-order valence-electron chi connectivity index (χ1n) is 12.3. The minimum absolute atomic E-state index is 0.142. The highest BCUT2D eigenvalue weighted by Gasteiger charge is 2.27. The van der Waals surface area contributed by atoms with Gasteiger partial charge in [-0.15, -0.1) is 0 Å². The van der Waals surface area contributed by atoms with Gasteiger partial charge in [0.25, 0.3) is 0 Å². The van der Waals surface area contributed by atoms with Crippen LogP contribution in [0.25, 0.3) is 28.5 Å². The predicted octanol–water partition coefficient (Wildman–Crippen LogP) is 6.97. The molecular formula is C30H30FNO3. The second-order valence-corrected chi connectivity index (χ2v) is 9.80.